The summed E-state index contributed by atoms with van der Waals surface area (Å²) in [4.78, 5) is 72.8. The fraction of sp³-hybridized carbons (Fsp3) is 0.360. The molecule has 3 unspecified atom stereocenters. The maximum atomic E-state index is 12.9. The number of ketones is 1. The molecule has 0 spiro atoms. The summed E-state index contributed by atoms with van der Waals surface area (Å²) in [5.41, 5.74) is -0.264. The molecule has 4 rings (SSSR count). The Kier molecular flexibility index (Phi) is 7.19. The second kappa shape index (κ2) is 10.4. The quantitative estimate of drug-likeness (QED) is 0.297. The third-order valence-electron chi connectivity index (χ3n) is 6.83. The van der Waals surface area contributed by atoms with E-state index in [0.717, 1.165) is 12.1 Å². The van der Waals surface area contributed by atoms with Crippen LogP contribution in [0.15, 0.2) is 48.5 Å². The standard InChI is InChI=1S/C25H23N3O10/c1-13(37-24(31)15-3-7-17(8-4-15)27(33)34)22-20-11-19(30)12-21(26(22)14(2)29)23(20)38-25(32)16-5-9-18(10-6-16)28(35)36/h3-10,13,20-23H,11-12H2,1-2H3/t13-,20?,21?,22+,23?/m1/s1. The third kappa shape index (κ3) is 5.08. The summed E-state index contributed by atoms with van der Waals surface area (Å²) < 4.78 is 11.3. The smallest absolute Gasteiger partial charge is 0.338 e. The summed E-state index contributed by atoms with van der Waals surface area (Å²) in [7, 11) is 0. The van der Waals surface area contributed by atoms with Gasteiger partial charge >= 0.3 is 11.9 Å². The van der Waals surface area contributed by atoms with Gasteiger partial charge in [0.1, 0.15) is 18.0 Å². The highest BCUT2D eigenvalue weighted by Gasteiger charge is 2.58. The zero-order valence-electron chi connectivity index (χ0n) is 20.3. The average Bonchev–Trinajstić information content (AvgIpc) is 3.05. The van der Waals surface area contributed by atoms with Gasteiger partial charge in [-0.2, -0.15) is 0 Å². The van der Waals surface area contributed by atoms with E-state index < -0.39 is 57.9 Å². The zero-order valence-corrected chi connectivity index (χ0v) is 20.3. The van der Waals surface area contributed by atoms with Crippen molar-refractivity contribution < 1.29 is 38.5 Å². The lowest BCUT2D eigenvalue weighted by Gasteiger charge is -2.32. The van der Waals surface area contributed by atoms with Crippen LogP contribution in [0.3, 0.4) is 0 Å². The molecule has 1 saturated heterocycles. The van der Waals surface area contributed by atoms with Gasteiger partial charge in [0.25, 0.3) is 11.4 Å². The molecule has 198 valence electrons. The van der Waals surface area contributed by atoms with E-state index in [4.69, 9.17) is 9.47 Å². The number of nitro benzene ring substituents is 2. The highest BCUT2D eigenvalue weighted by Crippen LogP contribution is 2.43. The normalized spacial score (nSPS) is 22.9. The Hall–Kier alpha value is -4.68. The minimum atomic E-state index is -0.914. The van der Waals surface area contributed by atoms with Crippen LogP contribution < -0.4 is 0 Å². The van der Waals surface area contributed by atoms with Crippen molar-refractivity contribution in [2.75, 3.05) is 0 Å². The topological polar surface area (TPSA) is 176 Å². The molecular formula is C25H23N3O10. The lowest BCUT2D eigenvalue weighted by molar-refractivity contribution is -0.385. The maximum Gasteiger partial charge on any atom is 0.338 e. The minimum Gasteiger partial charge on any atom is -0.457 e. The number of rotatable bonds is 7. The molecule has 0 N–H and O–H groups in total. The Morgan fingerprint density at radius 1 is 0.895 bits per heavy atom. The van der Waals surface area contributed by atoms with Crippen LogP contribution in [-0.4, -0.2) is 62.7 Å². The SMILES string of the molecule is CC(=O)N1C2CC(=O)CC(C2OC(=O)c2ccc([N+](=O)[O-])cc2)[C@@H]1[C@@H](C)OC(=O)c1ccc([N+](=O)[O-])cc1. The molecule has 13 nitrogen and oxygen atoms in total. The van der Waals surface area contributed by atoms with Crippen molar-refractivity contribution >= 4 is 35.0 Å². The van der Waals surface area contributed by atoms with Gasteiger partial charge in [-0.3, -0.25) is 29.8 Å². The Labute approximate surface area is 215 Å². The van der Waals surface area contributed by atoms with Gasteiger partial charge in [-0.25, -0.2) is 9.59 Å². The molecule has 2 bridgehead atoms. The summed E-state index contributed by atoms with van der Waals surface area (Å²) in [6.07, 6.45) is -1.84. The molecule has 0 radical (unpaired) electrons. The number of hydrogen-bond acceptors (Lipinski definition) is 10. The molecule has 1 aliphatic carbocycles. The van der Waals surface area contributed by atoms with E-state index in [-0.39, 0.29) is 41.1 Å². The number of hydrogen-bond donors (Lipinski definition) is 0. The van der Waals surface area contributed by atoms with E-state index in [1.807, 2.05) is 0 Å². The summed E-state index contributed by atoms with van der Waals surface area (Å²) in [6.45, 7) is 2.86. The molecule has 2 aromatic rings. The van der Waals surface area contributed by atoms with Gasteiger partial charge in [-0.1, -0.05) is 0 Å². The number of Topliss-reactive ketones (excluding diaryl/α,β-unsaturated/α-hetero) is 1. The van der Waals surface area contributed by atoms with Gasteiger partial charge in [-0.15, -0.1) is 0 Å². The predicted molar refractivity (Wildman–Crippen MR) is 128 cm³/mol. The Bertz CT molecular complexity index is 1310. The van der Waals surface area contributed by atoms with Crippen molar-refractivity contribution in [2.24, 2.45) is 5.92 Å². The Balaban J connectivity index is 1.56. The van der Waals surface area contributed by atoms with Gasteiger partial charge in [-0.05, 0) is 31.2 Å². The second-order valence-electron chi connectivity index (χ2n) is 9.18. The van der Waals surface area contributed by atoms with Crippen LogP contribution in [0, 0.1) is 26.1 Å². The summed E-state index contributed by atoms with van der Waals surface area (Å²) in [5.74, 6) is -2.74. The minimum absolute atomic E-state index is 0.0113. The molecule has 1 heterocycles. The van der Waals surface area contributed by atoms with Crippen molar-refractivity contribution in [2.45, 2.75) is 51.0 Å². The van der Waals surface area contributed by atoms with Crippen LogP contribution >= 0.6 is 0 Å². The first kappa shape index (κ1) is 26.4. The number of fused-ring (bicyclic) bond motifs is 2. The van der Waals surface area contributed by atoms with Crippen LogP contribution in [0.4, 0.5) is 11.4 Å². The first-order chi connectivity index (χ1) is 18.0. The fourth-order valence-corrected chi connectivity index (χ4v) is 5.22. The average molecular weight is 525 g/mol. The number of nitro groups is 2. The fourth-order valence-electron chi connectivity index (χ4n) is 5.22. The van der Waals surface area contributed by atoms with Gasteiger partial charge in [0.05, 0.1) is 33.1 Å². The van der Waals surface area contributed by atoms with Crippen LogP contribution in [0.5, 0.6) is 0 Å². The van der Waals surface area contributed by atoms with Gasteiger partial charge in [0.15, 0.2) is 0 Å². The molecule has 2 aromatic carbocycles. The number of benzene rings is 2. The lowest BCUT2D eigenvalue weighted by atomic mass is 9.82. The summed E-state index contributed by atoms with van der Waals surface area (Å²) in [6, 6.07) is 8.13. The number of ether oxygens (including phenoxy) is 2. The molecule has 1 saturated carbocycles. The lowest BCUT2D eigenvalue weighted by Crippen LogP contribution is -2.47. The number of amides is 1. The highest BCUT2D eigenvalue weighted by atomic mass is 16.6. The van der Waals surface area contributed by atoms with Crippen molar-refractivity contribution in [1.29, 1.82) is 0 Å². The van der Waals surface area contributed by atoms with Gasteiger partial charge in [0, 0.05) is 49.9 Å². The number of carbonyl (C=O) groups is 4. The zero-order chi connectivity index (χ0) is 27.7. The van der Waals surface area contributed by atoms with Crippen LogP contribution in [0.1, 0.15) is 47.4 Å². The highest BCUT2D eigenvalue weighted by molar-refractivity contribution is 5.91. The predicted octanol–water partition coefficient (Wildman–Crippen LogP) is 2.85. The first-order valence-corrected chi connectivity index (χ1v) is 11.7. The first-order valence-electron chi connectivity index (χ1n) is 11.7. The second-order valence-corrected chi connectivity index (χ2v) is 9.18. The largest absolute Gasteiger partial charge is 0.457 e. The van der Waals surface area contributed by atoms with Crippen LogP contribution in [0.2, 0.25) is 0 Å². The number of nitrogens with zero attached hydrogens (tertiary/aromatic N) is 3. The van der Waals surface area contributed by atoms with Crippen molar-refractivity contribution in [3.05, 3.63) is 79.9 Å². The van der Waals surface area contributed by atoms with Crippen molar-refractivity contribution in [3.8, 4) is 0 Å². The van der Waals surface area contributed by atoms with E-state index in [1.54, 1.807) is 6.92 Å². The maximum absolute atomic E-state index is 12.9. The molecule has 1 aliphatic heterocycles. The molecule has 38 heavy (non-hydrogen) atoms. The van der Waals surface area contributed by atoms with E-state index in [1.165, 1.54) is 48.2 Å². The Morgan fingerprint density at radius 2 is 1.39 bits per heavy atom. The van der Waals surface area contributed by atoms with Crippen molar-refractivity contribution in [1.82, 2.24) is 4.90 Å². The number of carbonyl (C=O) groups excluding carboxylic acids is 4. The Morgan fingerprint density at radius 3 is 1.87 bits per heavy atom. The van der Waals surface area contributed by atoms with E-state index in [2.05, 4.69) is 0 Å². The molecule has 2 fully saturated rings. The number of esters is 2. The van der Waals surface area contributed by atoms with E-state index in [9.17, 15) is 39.4 Å². The van der Waals surface area contributed by atoms with Crippen LogP contribution in [-0.2, 0) is 19.1 Å². The number of non-ortho nitro benzene ring substituents is 2. The molecule has 0 aromatic heterocycles. The van der Waals surface area contributed by atoms with Crippen LogP contribution in [0.25, 0.3) is 0 Å². The van der Waals surface area contributed by atoms with Gasteiger partial charge < -0.3 is 14.4 Å². The van der Waals surface area contributed by atoms with Gasteiger partial charge in [0.2, 0.25) is 5.91 Å². The third-order valence-corrected chi connectivity index (χ3v) is 6.83. The summed E-state index contributed by atoms with van der Waals surface area (Å²) in [5, 5.41) is 21.8. The molecular weight excluding hydrogens is 502 g/mol. The molecule has 13 heteroatoms. The van der Waals surface area contributed by atoms with E-state index >= 15 is 0 Å². The monoisotopic (exact) mass is 525 g/mol. The molecule has 1 amide bonds. The van der Waals surface area contributed by atoms with Crippen molar-refractivity contribution in [3.63, 3.8) is 0 Å². The summed E-state index contributed by atoms with van der Waals surface area (Å²) >= 11 is 0. The molecule has 5 atom stereocenters. The number of likely N-dealkylation sites (tertiary alicyclic amines) is 1. The van der Waals surface area contributed by atoms with E-state index in [0.29, 0.717) is 0 Å². The molecule has 2 aliphatic rings.